The minimum atomic E-state index is -0.520. The van der Waals surface area contributed by atoms with E-state index in [2.05, 4.69) is 10.1 Å². The standard InChI is InChI=1S/C12H19NO4/c1-12(2,3)17-11(15)13-9-6-5-8(7-9)10(14)16-4/h5-6,8-9H,7H2,1-4H3,(H,13,15)/t8-,9-/m1/s1. The van der Waals surface area contributed by atoms with E-state index in [0.717, 1.165) is 0 Å². The molecule has 0 heterocycles. The van der Waals surface area contributed by atoms with Crippen LogP contribution in [0.1, 0.15) is 27.2 Å². The maximum atomic E-state index is 11.5. The van der Waals surface area contributed by atoms with Crippen molar-refractivity contribution < 1.29 is 19.1 Å². The van der Waals surface area contributed by atoms with Crippen LogP contribution in [-0.2, 0) is 14.3 Å². The van der Waals surface area contributed by atoms with E-state index in [9.17, 15) is 9.59 Å². The molecule has 0 unspecified atom stereocenters. The van der Waals surface area contributed by atoms with Crippen LogP contribution in [0.15, 0.2) is 12.2 Å². The molecule has 0 aromatic heterocycles. The Balaban J connectivity index is 2.39. The van der Waals surface area contributed by atoms with Gasteiger partial charge < -0.3 is 14.8 Å². The van der Waals surface area contributed by atoms with Gasteiger partial charge in [-0.1, -0.05) is 12.2 Å². The first-order chi connectivity index (χ1) is 7.81. The minimum absolute atomic E-state index is 0.172. The van der Waals surface area contributed by atoms with Crippen LogP contribution in [-0.4, -0.2) is 30.8 Å². The Morgan fingerprint density at radius 1 is 1.29 bits per heavy atom. The third-order valence-electron chi connectivity index (χ3n) is 2.29. The second-order valence-corrected chi connectivity index (χ2v) is 5.00. The number of esters is 1. The smallest absolute Gasteiger partial charge is 0.408 e. The van der Waals surface area contributed by atoms with Crippen molar-refractivity contribution in [2.45, 2.75) is 38.8 Å². The van der Waals surface area contributed by atoms with Crippen molar-refractivity contribution in [2.24, 2.45) is 5.92 Å². The zero-order valence-corrected chi connectivity index (χ0v) is 10.6. The van der Waals surface area contributed by atoms with E-state index >= 15 is 0 Å². The van der Waals surface area contributed by atoms with Gasteiger partial charge >= 0.3 is 12.1 Å². The number of carbonyl (C=O) groups is 2. The van der Waals surface area contributed by atoms with Crippen LogP contribution in [0.25, 0.3) is 0 Å². The molecule has 0 spiro atoms. The second kappa shape index (κ2) is 5.21. The Morgan fingerprint density at radius 3 is 2.47 bits per heavy atom. The van der Waals surface area contributed by atoms with Gasteiger partial charge in [0.1, 0.15) is 5.60 Å². The molecule has 0 saturated carbocycles. The molecule has 1 rings (SSSR count). The number of hydrogen-bond donors (Lipinski definition) is 1. The van der Waals surface area contributed by atoms with Gasteiger partial charge in [-0.15, -0.1) is 0 Å². The number of methoxy groups -OCH3 is 1. The SMILES string of the molecule is COC(=O)[C@@H]1C=C[C@@H](NC(=O)OC(C)(C)C)C1. The molecule has 1 N–H and O–H groups in total. The number of ether oxygens (including phenoxy) is 2. The molecule has 0 bridgehead atoms. The minimum Gasteiger partial charge on any atom is -0.469 e. The summed E-state index contributed by atoms with van der Waals surface area (Å²) in [6, 6.07) is -0.172. The molecule has 5 nitrogen and oxygen atoms in total. The summed E-state index contributed by atoms with van der Waals surface area (Å²) in [4.78, 5) is 22.7. The predicted octanol–water partition coefficient (Wildman–Crippen LogP) is 1.63. The third kappa shape index (κ3) is 4.46. The number of hydrogen-bond acceptors (Lipinski definition) is 4. The molecule has 0 radical (unpaired) electrons. The molecule has 2 atom stereocenters. The van der Waals surface area contributed by atoms with Crippen molar-refractivity contribution in [2.75, 3.05) is 7.11 Å². The quantitative estimate of drug-likeness (QED) is 0.589. The highest BCUT2D eigenvalue weighted by atomic mass is 16.6. The summed E-state index contributed by atoms with van der Waals surface area (Å²) in [5, 5.41) is 2.69. The van der Waals surface area contributed by atoms with Gasteiger partial charge in [0.15, 0.2) is 0 Å². The third-order valence-corrected chi connectivity index (χ3v) is 2.29. The normalized spacial score (nSPS) is 23.3. The van der Waals surface area contributed by atoms with E-state index in [0.29, 0.717) is 6.42 Å². The fourth-order valence-corrected chi connectivity index (χ4v) is 1.59. The van der Waals surface area contributed by atoms with Crippen LogP contribution in [0.2, 0.25) is 0 Å². The van der Waals surface area contributed by atoms with Crippen molar-refractivity contribution in [1.82, 2.24) is 5.32 Å². The van der Waals surface area contributed by atoms with Crippen molar-refractivity contribution in [3.63, 3.8) is 0 Å². The molecule has 1 amide bonds. The zero-order valence-electron chi connectivity index (χ0n) is 10.6. The first-order valence-electron chi connectivity index (χ1n) is 5.57. The van der Waals surface area contributed by atoms with E-state index in [1.54, 1.807) is 32.9 Å². The highest BCUT2D eigenvalue weighted by Gasteiger charge is 2.27. The van der Waals surface area contributed by atoms with E-state index in [-0.39, 0.29) is 17.9 Å². The van der Waals surface area contributed by atoms with E-state index in [4.69, 9.17) is 4.74 Å². The lowest BCUT2D eigenvalue weighted by Gasteiger charge is -2.21. The molecule has 5 heteroatoms. The van der Waals surface area contributed by atoms with Gasteiger partial charge in [-0.2, -0.15) is 0 Å². The molecular weight excluding hydrogens is 222 g/mol. The van der Waals surface area contributed by atoms with Gasteiger partial charge in [0.2, 0.25) is 0 Å². The van der Waals surface area contributed by atoms with Gasteiger partial charge in [-0.3, -0.25) is 4.79 Å². The molecule has 0 fully saturated rings. The Morgan fingerprint density at radius 2 is 1.94 bits per heavy atom. The highest BCUT2D eigenvalue weighted by Crippen LogP contribution is 2.19. The lowest BCUT2D eigenvalue weighted by atomic mass is 10.1. The highest BCUT2D eigenvalue weighted by molar-refractivity contribution is 5.75. The van der Waals surface area contributed by atoms with Crippen molar-refractivity contribution in [3.05, 3.63) is 12.2 Å². The lowest BCUT2D eigenvalue weighted by molar-refractivity contribution is -0.143. The van der Waals surface area contributed by atoms with Gasteiger partial charge in [-0.05, 0) is 27.2 Å². The Labute approximate surface area is 101 Å². The van der Waals surface area contributed by atoms with E-state index in [1.807, 2.05) is 0 Å². The average Bonchev–Trinajstić information content (AvgIpc) is 2.62. The Bertz CT molecular complexity index is 330. The molecule has 1 aliphatic carbocycles. The fraction of sp³-hybridized carbons (Fsp3) is 0.667. The van der Waals surface area contributed by atoms with Crippen molar-refractivity contribution in [1.29, 1.82) is 0 Å². The summed E-state index contributed by atoms with van der Waals surface area (Å²) in [5.74, 6) is -0.560. The van der Waals surface area contributed by atoms with Crippen LogP contribution in [0.5, 0.6) is 0 Å². The van der Waals surface area contributed by atoms with Crippen LogP contribution in [0.4, 0.5) is 4.79 Å². The summed E-state index contributed by atoms with van der Waals surface area (Å²) in [5.41, 5.74) is -0.520. The summed E-state index contributed by atoms with van der Waals surface area (Å²) >= 11 is 0. The summed E-state index contributed by atoms with van der Waals surface area (Å²) < 4.78 is 9.76. The number of nitrogens with one attached hydrogen (secondary N) is 1. The first-order valence-corrected chi connectivity index (χ1v) is 5.57. The zero-order chi connectivity index (χ0) is 13.1. The van der Waals surface area contributed by atoms with Crippen LogP contribution >= 0.6 is 0 Å². The van der Waals surface area contributed by atoms with Crippen LogP contribution in [0.3, 0.4) is 0 Å². The summed E-state index contributed by atoms with van der Waals surface area (Å²) in [6.45, 7) is 5.40. The molecule has 1 aliphatic rings. The topological polar surface area (TPSA) is 64.6 Å². The number of rotatable bonds is 2. The molecule has 17 heavy (non-hydrogen) atoms. The predicted molar refractivity (Wildman–Crippen MR) is 62.4 cm³/mol. The molecule has 0 aliphatic heterocycles. The largest absolute Gasteiger partial charge is 0.469 e. The number of carbonyl (C=O) groups excluding carboxylic acids is 2. The molecule has 0 aromatic carbocycles. The molecule has 0 aromatic rings. The molecule has 96 valence electrons. The first kappa shape index (κ1) is 13.5. The van der Waals surface area contributed by atoms with Gasteiger partial charge in [-0.25, -0.2) is 4.79 Å². The van der Waals surface area contributed by atoms with Gasteiger partial charge in [0.05, 0.1) is 19.1 Å². The maximum Gasteiger partial charge on any atom is 0.408 e. The number of alkyl carbamates (subject to hydrolysis) is 1. The Hall–Kier alpha value is -1.52. The maximum absolute atomic E-state index is 11.5. The molecular formula is C12H19NO4. The lowest BCUT2D eigenvalue weighted by Crippen LogP contribution is -2.38. The number of amides is 1. The second-order valence-electron chi connectivity index (χ2n) is 5.00. The van der Waals surface area contributed by atoms with E-state index < -0.39 is 11.7 Å². The average molecular weight is 241 g/mol. The monoisotopic (exact) mass is 241 g/mol. The summed E-state index contributed by atoms with van der Waals surface area (Å²) in [6.07, 6.45) is 3.57. The van der Waals surface area contributed by atoms with Gasteiger partial charge in [0.25, 0.3) is 0 Å². The molecule has 0 saturated heterocycles. The van der Waals surface area contributed by atoms with Crippen molar-refractivity contribution in [3.8, 4) is 0 Å². The van der Waals surface area contributed by atoms with Crippen LogP contribution < -0.4 is 5.32 Å². The van der Waals surface area contributed by atoms with Gasteiger partial charge in [0, 0.05) is 0 Å². The fourth-order valence-electron chi connectivity index (χ4n) is 1.59. The summed E-state index contributed by atoms with van der Waals surface area (Å²) in [7, 11) is 1.35. The van der Waals surface area contributed by atoms with Crippen molar-refractivity contribution >= 4 is 12.1 Å². The Kier molecular flexibility index (Phi) is 4.15. The van der Waals surface area contributed by atoms with Crippen LogP contribution in [0, 0.1) is 5.92 Å². The van der Waals surface area contributed by atoms with E-state index in [1.165, 1.54) is 7.11 Å².